The zero-order valence-corrected chi connectivity index (χ0v) is 10.9. The van der Waals surface area contributed by atoms with Crippen molar-refractivity contribution in [1.82, 2.24) is 14.6 Å². The minimum atomic E-state index is -1.17. The van der Waals surface area contributed by atoms with Gasteiger partial charge < -0.3 is 9.84 Å². The molecule has 0 fully saturated rings. The van der Waals surface area contributed by atoms with Crippen molar-refractivity contribution in [3.63, 3.8) is 0 Å². The second-order valence-electron chi connectivity index (χ2n) is 4.30. The molecular weight excluding hydrogens is 272 g/mol. The lowest BCUT2D eigenvalue weighted by atomic mass is 10.2. The van der Waals surface area contributed by atoms with E-state index >= 15 is 0 Å². The standard InChI is InChI=1S/C14H12N4O3/c19-14(20)16-11-8-18-12(15-11)6-7-13(17-18)21-9-10-4-2-1-3-5-10/h1-8,16H,9H2,(H,19,20). The molecule has 2 aromatic heterocycles. The van der Waals surface area contributed by atoms with Crippen LogP contribution in [-0.2, 0) is 6.61 Å². The van der Waals surface area contributed by atoms with E-state index in [2.05, 4.69) is 15.4 Å². The van der Waals surface area contributed by atoms with Crippen LogP contribution in [0.3, 0.4) is 0 Å². The maximum Gasteiger partial charge on any atom is 0.410 e. The predicted octanol–water partition coefficient (Wildman–Crippen LogP) is 2.40. The molecule has 0 radical (unpaired) electrons. The molecule has 2 heterocycles. The van der Waals surface area contributed by atoms with E-state index in [0.29, 0.717) is 18.1 Å². The van der Waals surface area contributed by atoms with Gasteiger partial charge in [-0.05, 0) is 11.6 Å². The Kier molecular flexibility index (Phi) is 3.38. The summed E-state index contributed by atoms with van der Waals surface area (Å²) in [6.07, 6.45) is 0.317. The molecule has 21 heavy (non-hydrogen) atoms. The van der Waals surface area contributed by atoms with Crippen molar-refractivity contribution < 1.29 is 14.6 Å². The Labute approximate surface area is 119 Å². The summed E-state index contributed by atoms with van der Waals surface area (Å²) in [7, 11) is 0. The summed E-state index contributed by atoms with van der Waals surface area (Å²) in [5.41, 5.74) is 1.57. The lowest BCUT2D eigenvalue weighted by molar-refractivity contribution is 0.209. The van der Waals surface area contributed by atoms with E-state index in [1.807, 2.05) is 30.3 Å². The molecule has 0 atom stereocenters. The number of amides is 1. The van der Waals surface area contributed by atoms with E-state index in [9.17, 15) is 4.79 Å². The Morgan fingerprint density at radius 2 is 2.05 bits per heavy atom. The molecule has 3 rings (SSSR count). The van der Waals surface area contributed by atoms with Crippen molar-refractivity contribution in [3.05, 3.63) is 54.2 Å². The van der Waals surface area contributed by atoms with Crippen LogP contribution in [0, 0.1) is 0 Å². The molecule has 1 aromatic carbocycles. The summed E-state index contributed by atoms with van der Waals surface area (Å²) in [5.74, 6) is 0.654. The van der Waals surface area contributed by atoms with E-state index in [1.54, 1.807) is 12.1 Å². The molecule has 106 valence electrons. The van der Waals surface area contributed by atoms with Crippen LogP contribution in [0.4, 0.5) is 10.6 Å². The van der Waals surface area contributed by atoms with Gasteiger partial charge in [-0.2, -0.15) is 0 Å². The van der Waals surface area contributed by atoms with Crippen LogP contribution in [0.1, 0.15) is 5.56 Å². The first-order valence-corrected chi connectivity index (χ1v) is 6.24. The van der Waals surface area contributed by atoms with Gasteiger partial charge in [-0.3, -0.25) is 5.32 Å². The Bertz CT molecular complexity index is 770. The van der Waals surface area contributed by atoms with Crippen LogP contribution in [-0.4, -0.2) is 25.8 Å². The number of benzene rings is 1. The average molecular weight is 284 g/mol. The van der Waals surface area contributed by atoms with Gasteiger partial charge in [-0.15, -0.1) is 5.10 Å². The van der Waals surface area contributed by atoms with Crippen LogP contribution in [0.2, 0.25) is 0 Å². The van der Waals surface area contributed by atoms with Crippen molar-refractivity contribution in [2.24, 2.45) is 0 Å². The number of carboxylic acid groups (broad SMARTS) is 1. The number of carbonyl (C=O) groups is 1. The number of nitrogens with one attached hydrogen (secondary N) is 1. The van der Waals surface area contributed by atoms with E-state index in [1.165, 1.54) is 10.7 Å². The number of imidazole rings is 1. The summed E-state index contributed by atoms with van der Waals surface area (Å²) in [6, 6.07) is 13.1. The summed E-state index contributed by atoms with van der Waals surface area (Å²) in [5, 5.41) is 15.0. The molecule has 3 aromatic rings. The molecule has 0 bridgehead atoms. The first-order valence-electron chi connectivity index (χ1n) is 6.24. The van der Waals surface area contributed by atoms with Gasteiger partial charge in [0.25, 0.3) is 0 Å². The summed E-state index contributed by atoms with van der Waals surface area (Å²) in [4.78, 5) is 14.6. The molecule has 2 N–H and O–H groups in total. The van der Waals surface area contributed by atoms with Crippen molar-refractivity contribution in [2.75, 3.05) is 5.32 Å². The van der Waals surface area contributed by atoms with Gasteiger partial charge in [0.05, 0.1) is 6.20 Å². The fraction of sp³-hybridized carbons (Fsp3) is 0.0714. The van der Waals surface area contributed by atoms with Crippen LogP contribution >= 0.6 is 0 Å². The largest absolute Gasteiger partial charge is 0.472 e. The third-order valence-electron chi connectivity index (χ3n) is 2.76. The number of nitrogens with zero attached hydrogens (tertiary/aromatic N) is 3. The highest BCUT2D eigenvalue weighted by Gasteiger charge is 2.06. The number of fused-ring (bicyclic) bond motifs is 1. The lowest BCUT2D eigenvalue weighted by Crippen LogP contribution is -2.07. The van der Waals surface area contributed by atoms with Gasteiger partial charge in [0.1, 0.15) is 6.61 Å². The van der Waals surface area contributed by atoms with Crippen LogP contribution < -0.4 is 10.1 Å². The molecule has 0 aliphatic heterocycles. The zero-order chi connectivity index (χ0) is 14.7. The Morgan fingerprint density at radius 3 is 2.81 bits per heavy atom. The minimum absolute atomic E-state index is 0.218. The molecule has 0 unspecified atom stereocenters. The van der Waals surface area contributed by atoms with E-state index < -0.39 is 6.09 Å². The first kappa shape index (κ1) is 12.9. The molecule has 0 saturated heterocycles. The van der Waals surface area contributed by atoms with Gasteiger partial charge in [0.15, 0.2) is 11.5 Å². The molecule has 0 aliphatic carbocycles. The third-order valence-corrected chi connectivity index (χ3v) is 2.76. The topological polar surface area (TPSA) is 88.8 Å². The highest BCUT2D eigenvalue weighted by molar-refractivity contribution is 5.81. The van der Waals surface area contributed by atoms with Gasteiger partial charge >= 0.3 is 6.09 Å². The highest BCUT2D eigenvalue weighted by atomic mass is 16.5. The van der Waals surface area contributed by atoms with Gasteiger partial charge in [0, 0.05) is 6.07 Å². The average Bonchev–Trinajstić information content (AvgIpc) is 2.86. The third kappa shape index (κ3) is 3.08. The molecule has 0 saturated carbocycles. The van der Waals surface area contributed by atoms with E-state index in [4.69, 9.17) is 9.84 Å². The number of rotatable bonds is 4. The van der Waals surface area contributed by atoms with Gasteiger partial charge in [-0.25, -0.2) is 14.3 Å². The fourth-order valence-electron chi connectivity index (χ4n) is 1.84. The molecule has 0 spiro atoms. The van der Waals surface area contributed by atoms with Gasteiger partial charge in [0.2, 0.25) is 5.88 Å². The minimum Gasteiger partial charge on any atom is -0.472 e. The maximum absolute atomic E-state index is 10.6. The van der Waals surface area contributed by atoms with Crippen LogP contribution in [0.25, 0.3) is 5.65 Å². The first-order chi connectivity index (χ1) is 10.2. The van der Waals surface area contributed by atoms with Crippen molar-refractivity contribution in [2.45, 2.75) is 6.61 Å². The second-order valence-corrected chi connectivity index (χ2v) is 4.30. The summed E-state index contributed by atoms with van der Waals surface area (Å²) >= 11 is 0. The predicted molar refractivity (Wildman–Crippen MR) is 75.4 cm³/mol. The second kappa shape index (κ2) is 5.49. The lowest BCUT2D eigenvalue weighted by Gasteiger charge is -2.05. The normalized spacial score (nSPS) is 10.5. The zero-order valence-electron chi connectivity index (χ0n) is 10.9. The van der Waals surface area contributed by atoms with Crippen LogP contribution in [0.5, 0.6) is 5.88 Å². The number of aromatic nitrogens is 3. The molecule has 0 aliphatic rings. The molecule has 1 amide bonds. The Hall–Kier alpha value is -3.09. The van der Waals surface area contributed by atoms with Crippen molar-refractivity contribution in [1.29, 1.82) is 0 Å². The SMILES string of the molecule is O=C(O)Nc1cn2nc(OCc3ccccc3)ccc2n1. The number of ether oxygens (including phenoxy) is 1. The quantitative estimate of drug-likeness (QED) is 0.768. The fourth-order valence-corrected chi connectivity index (χ4v) is 1.84. The van der Waals surface area contributed by atoms with Crippen molar-refractivity contribution in [3.8, 4) is 5.88 Å². The van der Waals surface area contributed by atoms with E-state index in [-0.39, 0.29) is 5.82 Å². The van der Waals surface area contributed by atoms with Gasteiger partial charge in [-0.1, -0.05) is 30.3 Å². The number of anilines is 1. The summed E-state index contributed by atoms with van der Waals surface area (Å²) < 4.78 is 7.06. The highest BCUT2D eigenvalue weighted by Crippen LogP contribution is 2.13. The monoisotopic (exact) mass is 284 g/mol. The Balaban J connectivity index is 1.76. The molecule has 7 heteroatoms. The van der Waals surface area contributed by atoms with Crippen LogP contribution in [0.15, 0.2) is 48.7 Å². The summed E-state index contributed by atoms with van der Waals surface area (Å²) in [6.45, 7) is 0.411. The smallest absolute Gasteiger partial charge is 0.410 e. The Morgan fingerprint density at radius 1 is 1.24 bits per heavy atom. The van der Waals surface area contributed by atoms with Crippen molar-refractivity contribution >= 4 is 17.6 Å². The maximum atomic E-state index is 10.6. The number of hydrogen-bond donors (Lipinski definition) is 2. The molecular formula is C14H12N4O3. The van der Waals surface area contributed by atoms with E-state index in [0.717, 1.165) is 5.56 Å². The number of hydrogen-bond acceptors (Lipinski definition) is 4. The molecule has 7 nitrogen and oxygen atoms in total.